The summed E-state index contributed by atoms with van der Waals surface area (Å²) in [4.78, 5) is 12.9. The Labute approximate surface area is 197 Å². The monoisotopic (exact) mass is 454 g/mol. The molecule has 168 valence electrons. The predicted molar refractivity (Wildman–Crippen MR) is 138 cm³/mol. The zero-order valence-electron chi connectivity index (χ0n) is 19.6. The van der Waals surface area contributed by atoms with E-state index in [0.29, 0.717) is 5.57 Å². The third-order valence-electron chi connectivity index (χ3n) is 6.17. The molecule has 1 aliphatic rings. The number of ether oxygens (including phenoxy) is 1. The van der Waals surface area contributed by atoms with Crippen molar-refractivity contribution in [3.05, 3.63) is 108 Å². The fraction of sp³-hybridized carbons (Fsp3) is 0.207. The molecule has 4 heteroatoms. The van der Waals surface area contributed by atoms with Crippen LogP contribution in [-0.4, -0.2) is 27.3 Å². The van der Waals surface area contributed by atoms with Crippen LogP contribution in [0, 0.1) is 0 Å². The van der Waals surface area contributed by atoms with Crippen LogP contribution in [0.2, 0.25) is 5.04 Å². The maximum atomic E-state index is 12.9. The van der Waals surface area contributed by atoms with Crippen LogP contribution in [0.15, 0.2) is 103 Å². The van der Waals surface area contributed by atoms with E-state index in [0.717, 1.165) is 11.3 Å². The lowest BCUT2D eigenvalue weighted by Crippen LogP contribution is -2.67. The highest BCUT2D eigenvalue weighted by Crippen LogP contribution is 2.39. The fourth-order valence-electron chi connectivity index (χ4n) is 4.53. The summed E-state index contributed by atoms with van der Waals surface area (Å²) in [5.41, 5.74) is 1.60. The second-order valence-corrected chi connectivity index (χ2v) is 13.6. The molecule has 0 saturated heterocycles. The van der Waals surface area contributed by atoms with Gasteiger partial charge in [0.2, 0.25) is 0 Å². The van der Waals surface area contributed by atoms with E-state index in [9.17, 15) is 4.79 Å². The first-order chi connectivity index (χ1) is 15.8. The van der Waals surface area contributed by atoms with Gasteiger partial charge in [0, 0.05) is 5.57 Å². The van der Waals surface area contributed by atoms with Crippen molar-refractivity contribution < 1.29 is 14.0 Å². The first kappa shape index (κ1) is 23.0. The van der Waals surface area contributed by atoms with Gasteiger partial charge in [-0.15, -0.1) is 0 Å². The molecule has 1 aliphatic carbocycles. The van der Waals surface area contributed by atoms with Crippen LogP contribution in [0.1, 0.15) is 26.3 Å². The van der Waals surface area contributed by atoms with Gasteiger partial charge in [0.15, 0.2) is 5.78 Å². The van der Waals surface area contributed by atoms with Gasteiger partial charge in [-0.1, -0.05) is 93.6 Å². The summed E-state index contributed by atoms with van der Waals surface area (Å²) in [7, 11) is -1.14. The van der Waals surface area contributed by atoms with Crippen LogP contribution in [0.4, 0.5) is 0 Å². The summed E-state index contributed by atoms with van der Waals surface area (Å²) < 4.78 is 12.4. The topological polar surface area (TPSA) is 35.5 Å². The van der Waals surface area contributed by atoms with E-state index in [-0.39, 0.29) is 10.8 Å². The third-order valence-corrected chi connectivity index (χ3v) is 11.2. The van der Waals surface area contributed by atoms with Gasteiger partial charge < -0.3 is 9.16 Å². The minimum atomic E-state index is -2.78. The van der Waals surface area contributed by atoms with Crippen molar-refractivity contribution in [3.63, 3.8) is 0 Å². The van der Waals surface area contributed by atoms with Crippen molar-refractivity contribution in [3.8, 4) is 5.75 Å². The number of allylic oxidation sites excluding steroid dienone is 1. The average Bonchev–Trinajstić information content (AvgIpc) is 3.17. The van der Waals surface area contributed by atoms with Crippen molar-refractivity contribution in [1.29, 1.82) is 0 Å². The van der Waals surface area contributed by atoms with Crippen molar-refractivity contribution in [2.45, 2.75) is 31.9 Å². The molecule has 0 aliphatic heterocycles. The molecule has 3 nitrogen and oxygen atoms in total. The molecule has 0 saturated carbocycles. The minimum Gasteiger partial charge on any atom is -0.497 e. The van der Waals surface area contributed by atoms with E-state index < -0.39 is 14.4 Å². The molecule has 1 unspecified atom stereocenters. The fourth-order valence-corrected chi connectivity index (χ4v) is 9.13. The van der Waals surface area contributed by atoms with E-state index in [1.807, 2.05) is 48.6 Å². The van der Waals surface area contributed by atoms with E-state index in [1.165, 1.54) is 10.4 Å². The normalized spacial score (nSPS) is 17.5. The molecule has 0 amide bonds. The van der Waals surface area contributed by atoms with Gasteiger partial charge in [0.25, 0.3) is 8.32 Å². The number of rotatable bonds is 6. The van der Waals surface area contributed by atoms with Crippen LogP contribution < -0.4 is 15.1 Å². The quantitative estimate of drug-likeness (QED) is 0.381. The smallest absolute Gasteiger partial charge is 0.262 e. The van der Waals surface area contributed by atoms with Gasteiger partial charge in [-0.25, -0.2) is 0 Å². The van der Waals surface area contributed by atoms with Gasteiger partial charge in [-0.05, 0) is 51.3 Å². The Morgan fingerprint density at radius 1 is 0.818 bits per heavy atom. The average molecular weight is 455 g/mol. The summed E-state index contributed by atoms with van der Waals surface area (Å²) >= 11 is 0. The van der Waals surface area contributed by atoms with Gasteiger partial charge in [0.1, 0.15) is 5.75 Å². The van der Waals surface area contributed by atoms with E-state index in [4.69, 9.17) is 9.16 Å². The first-order valence-corrected chi connectivity index (χ1v) is 13.1. The molecule has 0 spiro atoms. The Morgan fingerprint density at radius 2 is 1.36 bits per heavy atom. The zero-order valence-corrected chi connectivity index (χ0v) is 20.6. The Kier molecular flexibility index (Phi) is 6.50. The Hall–Kier alpha value is -3.21. The molecule has 4 rings (SSSR count). The molecule has 0 bridgehead atoms. The molecule has 33 heavy (non-hydrogen) atoms. The van der Waals surface area contributed by atoms with Crippen LogP contribution in [0.25, 0.3) is 6.08 Å². The second-order valence-electron chi connectivity index (χ2n) is 9.30. The standard InChI is InChI=1S/C29H30O3Si/c1-29(2,3)33(24-11-7-5-8-12-24,25-13-9-6-10-14-25)32-28-20-19-27(30)26(28)21-22-15-17-23(31-4)18-16-22/h5-21,28H,1-4H3/b26-21+. The second kappa shape index (κ2) is 9.34. The lowest BCUT2D eigenvalue weighted by molar-refractivity contribution is -0.111. The highest BCUT2D eigenvalue weighted by Gasteiger charge is 2.52. The van der Waals surface area contributed by atoms with E-state index in [2.05, 4.69) is 69.3 Å². The van der Waals surface area contributed by atoms with Gasteiger partial charge in [-0.2, -0.15) is 0 Å². The van der Waals surface area contributed by atoms with Gasteiger partial charge >= 0.3 is 0 Å². The molecular formula is C29H30O3Si. The summed E-state index contributed by atoms with van der Waals surface area (Å²) in [6, 6.07) is 28.7. The minimum absolute atomic E-state index is 0.00579. The summed E-state index contributed by atoms with van der Waals surface area (Å²) in [5, 5.41) is 2.22. The van der Waals surface area contributed by atoms with Crippen LogP contribution in [0.3, 0.4) is 0 Å². The zero-order chi connectivity index (χ0) is 23.5. The van der Waals surface area contributed by atoms with Gasteiger partial charge in [0.05, 0.1) is 13.2 Å². The Bertz CT molecular complexity index is 1120. The van der Waals surface area contributed by atoms with E-state index >= 15 is 0 Å². The highest BCUT2D eigenvalue weighted by molar-refractivity contribution is 6.99. The van der Waals surface area contributed by atoms with Crippen LogP contribution in [0.5, 0.6) is 5.75 Å². The molecule has 0 heterocycles. The molecule has 3 aromatic carbocycles. The lowest BCUT2D eigenvalue weighted by Gasteiger charge is -2.44. The highest BCUT2D eigenvalue weighted by atomic mass is 28.4. The molecule has 1 atom stereocenters. The largest absolute Gasteiger partial charge is 0.497 e. The Morgan fingerprint density at radius 3 is 1.85 bits per heavy atom. The number of hydrogen-bond donors (Lipinski definition) is 0. The maximum absolute atomic E-state index is 12.9. The van der Waals surface area contributed by atoms with Crippen molar-refractivity contribution in [2.75, 3.05) is 7.11 Å². The summed E-state index contributed by atoms with van der Waals surface area (Å²) in [6.07, 6.45) is 5.06. The number of benzene rings is 3. The molecule has 0 aromatic heterocycles. The number of hydrogen-bond acceptors (Lipinski definition) is 3. The van der Waals surface area contributed by atoms with Crippen molar-refractivity contribution >= 4 is 30.6 Å². The third kappa shape index (κ3) is 4.50. The number of ketones is 1. The molecular weight excluding hydrogens is 424 g/mol. The van der Waals surface area contributed by atoms with Gasteiger partial charge in [-0.3, -0.25) is 4.79 Å². The van der Waals surface area contributed by atoms with Crippen molar-refractivity contribution in [1.82, 2.24) is 0 Å². The number of carbonyl (C=O) groups excluding carboxylic acids is 1. The summed E-state index contributed by atoms with van der Waals surface area (Å²) in [5.74, 6) is 0.780. The molecule has 3 aromatic rings. The predicted octanol–water partition coefficient (Wildman–Crippen LogP) is 5.16. The lowest BCUT2D eigenvalue weighted by atomic mass is 10.1. The maximum Gasteiger partial charge on any atom is 0.262 e. The van der Waals surface area contributed by atoms with Crippen molar-refractivity contribution in [2.24, 2.45) is 0 Å². The summed E-state index contributed by atoms with van der Waals surface area (Å²) in [6.45, 7) is 6.73. The molecule has 0 radical (unpaired) electrons. The Balaban J connectivity index is 1.82. The van der Waals surface area contributed by atoms with Crippen LogP contribution in [-0.2, 0) is 9.22 Å². The number of carbonyl (C=O) groups is 1. The number of methoxy groups -OCH3 is 1. The molecule has 0 fully saturated rings. The van der Waals surface area contributed by atoms with Crippen LogP contribution >= 0.6 is 0 Å². The SMILES string of the molecule is COc1ccc(/C=C2\C(=O)C=CC2O[Si](c2ccccc2)(c2ccccc2)C(C)(C)C)cc1. The molecule has 0 N–H and O–H groups in total. The van der Waals surface area contributed by atoms with E-state index in [1.54, 1.807) is 13.2 Å². The first-order valence-electron chi connectivity index (χ1n) is 11.2.